The molecule has 0 aromatic heterocycles. The zero-order chi connectivity index (χ0) is 12.3. The lowest BCUT2D eigenvalue weighted by molar-refractivity contribution is 0.562. The number of sulfone groups is 1. The molecular formula is C13H19NO2S. The Morgan fingerprint density at radius 3 is 2.59 bits per heavy atom. The fourth-order valence-electron chi connectivity index (χ4n) is 2.21. The Kier molecular flexibility index (Phi) is 3.72. The van der Waals surface area contributed by atoms with E-state index in [1.807, 2.05) is 12.1 Å². The van der Waals surface area contributed by atoms with Crippen molar-refractivity contribution in [3.63, 3.8) is 0 Å². The molecule has 0 spiro atoms. The maximum atomic E-state index is 11.5. The van der Waals surface area contributed by atoms with Crippen LogP contribution in [-0.2, 0) is 16.3 Å². The molecule has 0 bridgehead atoms. The lowest BCUT2D eigenvalue weighted by Crippen LogP contribution is -2.34. The minimum absolute atomic E-state index is 0.0706. The van der Waals surface area contributed by atoms with Crippen LogP contribution < -0.4 is 5.32 Å². The van der Waals surface area contributed by atoms with E-state index in [0.29, 0.717) is 5.75 Å². The van der Waals surface area contributed by atoms with Crippen LogP contribution in [0.2, 0.25) is 0 Å². The van der Waals surface area contributed by atoms with Gasteiger partial charge in [-0.05, 0) is 37.0 Å². The minimum atomic E-state index is -2.83. The number of anilines is 1. The summed E-state index contributed by atoms with van der Waals surface area (Å²) in [6.45, 7) is 2.12. The highest BCUT2D eigenvalue weighted by Crippen LogP contribution is 2.18. The Bertz CT molecular complexity index is 465. The van der Waals surface area contributed by atoms with Crippen molar-refractivity contribution in [1.29, 1.82) is 0 Å². The Balaban J connectivity index is 2.00. The molecule has 1 aliphatic rings. The molecule has 0 aliphatic carbocycles. The van der Waals surface area contributed by atoms with Crippen molar-refractivity contribution in [2.45, 2.75) is 32.2 Å². The third kappa shape index (κ3) is 3.46. The molecule has 4 heteroatoms. The van der Waals surface area contributed by atoms with Gasteiger partial charge in [-0.3, -0.25) is 0 Å². The fraction of sp³-hybridized carbons (Fsp3) is 0.538. The standard InChI is InChI=1S/C13H19NO2S/c1-2-11-5-7-12(8-6-11)14-13-4-3-9-17(15,16)10-13/h5-8,13-14H,2-4,9-10H2,1H3. The van der Waals surface area contributed by atoms with Gasteiger partial charge < -0.3 is 5.32 Å². The molecule has 1 heterocycles. The summed E-state index contributed by atoms with van der Waals surface area (Å²) in [4.78, 5) is 0. The van der Waals surface area contributed by atoms with Crippen molar-refractivity contribution in [3.05, 3.63) is 29.8 Å². The molecule has 94 valence electrons. The van der Waals surface area contributed by atoms with Crippen LogP contribution in [0, 0.1) is 0 Å². The first-order valence-corrected chi connectivity index (χ1v) is 7.97. The van der Waals surface area contributed by atoms with Gasteiger partial charge in [-0.25, -0.2) is 8.42 Å². The van der Waals surface area contributed by atoms with Crippen molar-refractivity contribution >= 4 is 15.5 Å². The first kappa shape index (κ1) is 12.4. The highest BCUT2D eigenvalue weighted by atomic mass is 32.2. The molecule has 1 unspecified atom stereocenters. The average Bonchev–Trinajstić information content (AvgIpc) is 2.29. The first-order valence-electron chi connectivity index (χ1n) is 6.15. The summed E-state index contributed by atoms with van der Waals surface area (Å²) in [6, 6.07) is 8.29. The van der Waals surface area contributed by atoms with Crippen LogP contribution in [0.25, 0.3) is 0 Å². The maximum absolute atomic E-state index is 11.5. The Labute approximate surface area is 103 Å². The van der Waals surface area contributed by atoms with Crippen LogP contribution in [0.1, 0.15) is 25.3 Å². The van der Waals surface area contributed by atoms with E-state index in [1.54, 1.807) is 0 Å². The molecule has 0 radical (unpaired) electrons. The monoisotopic (exact) mass is 253 g/mol. The van der Waals surface area contributed by atoms with Crippen LogP contribution in [-0.4, -0.2) is 26.0 Å². The molecule has 17 heavy (non-hydrogen) atoms. The Morgan fingerprint density at radius 2 is 2.00 bits per heavy atom. The van der Waals surface area contributed by atoms with E-state index in [1.165, 1.54) is 5.56 Å². The van der Waals surface area contributed by atoms with Gasteiger partial charge in [0.05, 0.1) is 11.5 Å². The van der Waals surface area contributed by atoms with E-state index < -0.39 is 9.84 Å². The number of hydrogen-bond acceptors (Lipinski definition) is 3. The topological polar surface area (TPSA) is 46.2 Å². The van der Waals surface area contributed by atoms with Gasteiger partial charge in [0.1, 0.15) is 0 Å². The predicted octanol–water partition coefficient (Wildman–Crippen LogP) is 2.24. The van der Waals surface area contributed by atoms with Gasteiger partial charge in [0.25, 0.3) is 0 Å². The summed E-state index contributed by atoms with van der Waals surface area (Å²) in [5.74, 6) is 0.614. The molecule has 1 aliphatic heterocycles. The SMILES string of the molecule is CCc1ccc(NC2CCCS(=O)(=O)C2)cc1. The van der Waals surface area contributed by atoms with E-state index in [-0.39, 0.29) is 11.8 Å². The molecule has 1 saturated heterocycles. The van der Waals surface area contributed by atoms with Crippen LogP contribution in [0.15, 0.2) is 24.3 Å². The molecule has 1 aromatic carbocycles. The Morgan fingerprint density at radius 1 is 1.29 bits per heavy atom. The second kappa shape index (κ2) is 5.08. The van der Waals surface area contributed by atoms with E-state index in [0.717, 1.165) is 24.9 Å². The van der Waals surface area contributed by atoms with Crippen LogP contribution in [0.4, 0.5) is 5.69 Å². The van der Waals surface area contributed by atoms with Crippen molar-refractivity contribution in [3.8, 4) is 0 Å². The quantitative estimate of drug-likeness (QED) is 0.898. The molecule has 0 amide bonds. The summed E-state index contributed by atoms with van der Waals surface area (Å²) in [6.07, 6.45) is 2.74. The smallest absolute Gasteiger partial charge is 0.152 e. The van der Waals surface area contributed by atoms with E-state index in [2.05, 4.69) is 24.4 Å². The van der Waals surface area contributed by atoms with Crippen molar-refractivity contribution < 1.29 is 8.42 Å². The average molecular weight is 253 g/mol. The second-order valence-corrected chi connectivity index (χ2v) is 6.88. The summed E-state index contributed by atoms with van der Waals surface area (Å²) in [5, 5.41) is 3.31. The number of nitrogens with one attached hydrogen (secondary N) is 1. The molecular weight excluding hydrogens is 234 g/mol. The molecule has 0 saturated carbocycles. The molecule has 1 aromatic rings. The third-order valence-electron chi connectivity index (χ3n) is 3.20. The van der Waals surface area contributed by atoms with Gasteiger partial charge in [0, 0.05) is 11.7 Å². The number of rotatable bonds is 3. The van der Waals surface area contributed by atoms with Crippen LogP contribution in [0.5, 0.6) is 0 Å². The van der Waals surface area contributed by atoms with Gasteiger partial charge in [-0.15, -0.1) is 0 Å². The number of aryl methyl sites for hydroxylation is 1. The molecule has 1 atom stereocenters. The number of hydrogen-bond donors (Lipinski definition) is 1. The van der Waals surface area contributed by atoms with Gasteiger partial charge in [-0.2, -0.15) is 0 Å². The highest BCUT2D eigenvalue weighted by molar-refractivity contribution is 7.91. The molecule has 2 rings (SSSR count). The molecule has 1 fully saturated rings. The summed E-state index contributed by atoms with van der Waals surface area (Å²) < 4.78 is 23.0. The van der Waals surface area contributed by atoms with Crippen molar-refractivity contribution in [1.82, 2.24) is 0 Å². The van der Waals surface area contributed by atoms with Gasteiger partial charge in [0.15, 0.2) is 9.84 Å². The molecule has 3 nitrogen and oxygen atoms in total. The Hall–Kier alpha value is -1.03. The lowest BCUT2D eigenvalue weighted by Gasteiger charge is -2.24. The van der Waals surface area contributed by atoms with E-state index in [4.69, 9.17) is 0 Å². The minimum Gasteiger partial charge on any atom is -0.381 e. The van der Waals surface area contributed by atoms with Crippen molar-refractivity contribution in [2.24, 2.45) is 0 Å². The summed E-state index contributed by atoms with van der Waals surface area (Å²) >= 11 is 0. The van der Waals surface area contributed by atoms with E-state index >= 15 is 0 Å². The first-order chi connectivity index (χ1) is 8.09. The summed E-state index contributed by atoms with van der Waals surface area (Å²) in [5.41, 5.74) is 2.32. The van der Waals surface area contributed by atoms with Crippen molar-refractivity contribution in [2.75, 3.05) is 16.8 Å². The van der Waals surface area contributed by atoms with Gasteiger partial charge in [0.2, 0.25) is 0 Å². The zero-order valence-corrected chi connectivity index (χ0v) is 11.0. The molecule has 1 N–H and O–H groups in total. The third-order valence-corrected chi connectivity index (χ3v) is 5.02. The zero-order valence-electron chi connectivity index (χ0n) is 10.1. The second-order valence-electron chi connectivity index (χ2n) is 4.65. The lowest BCUT2D eigenvalue weighted by atomic mass is 10.1. The maximum Gasteiger partial charge on any atom is 0.152 e. The highest BCUT2D eigenvalue weighted by Gasteiger charge is 2.24. The number of benzene rings is 1. The van der Waals surface area contributed by atoms with E-state index in [9.17, 15) is 8.42 Å². The fourth-order valence-corrected chi connectivity index (χ4v) is 3.85. The predicted molar refractivity (Wildman–Crippen MR) is 71.1 cm³/mol. The van der Waals surface area contributed by atoms with Crippen LogP contribution >= 0.6 is 0 Å². The van der Waals surface area contributed by atoms with Gasteiger partial charge >= 0.3 is 0 Å². The van der Waals surface area contributed by atoms with Gasteiger partial charge in [-0.1, -0.05) is 19.1 Å². The van der Waals surface area contributed by atoms with Crippen LogP contribution in [0.3, 0.4) is 0 Å². The normalized spacial score (nSPS) is 23.2. The summed E-state index contributed by atoms with van der Waals surface area (Å²) in [7, 11) is -2.83. The largest absolute Gasteiger partial charge is 0.381 e.